The Morgan fingerprint density at radius 1 is 1.15 bits per heavy atom. The maximum Gasteiger partial charge on any atom is 0.335 e. The Labute approximate surface area is 124 Å². The second-order valence-corrected chi connectivity index (χ2v) is 5.70. The molecule has 104 valence electrons. The summed E-state index contributed by atoms with van der Waals surface area (Å²) in [6.45, 7) is 0.385. The zero-order valence-electron chi connectivity index (χ0n) is 10.2. The van der Waals surface area contributed by atoms with Crippen LogP contribution in [-0.2, 0) is 6.54 Å². The highest BCUT2D eigenvalue weighted by Gasteiger charge is 2.05. The topological polar surface area (TPSA) is 78.4 Å². The van der Waals surface area contributed by atoms with Gasteiger partial charge in [-0.05, 0) is 36.4 Å². The smallest absolute Gasteiger partial charge is 0.335 e. The normalized spacial score (nSPS) is 10.1. The zero-order chi connectivity index (χ0) is 14.5. The van der Waals surface area contributed by atoms with Crippen molar-refractivity contribution in [2.45, 2.75) is 6.54 Å². The van der Waals surface area contributed by atoms with Crippen LogP contribution in [0.2, 0.25) is 4.34 Å². The van der Waals surface area contributed by atoms with Crippen LogP contribution in [0.4, 0.5) is 10.5 Å². The lowest BCUT2D eigenvalue weighted by Crippen LogP contribution is -2.27. The first-order chi connectivity index (χ1) is 9.54. The van der Waals surface area contributed by atoms with Crippen LogP contribution in [0.25, 0.3) is 0 Å². The van der Waals surface area contributed by atoms with Crippen LogP contribution in [0.3, 0.4) is 0 Å². The molecule has 1 aromatic carbocycles. The van der Waals surface area contributed by atoms with Crippen molar-refractivity contribution in [1.29, 1.82) is 0 Å². The molecule has 1 aromatic heterocycles. The highest BCUT2D eigenvalue weighted by Crippen LogP contribution is 2.21. The molecule has 2 rings (SSSR count). The molecule has 0 saturated heterocycles. The Kier molecular flexibility index (Phi) is 4.60. The largest absolute Gasteiger partial charge is 0.478 e. The second kappa shape index (κ2) is 6.40. The second-order valence-electron chi connectivity index (χ2n) is 3.90. The van der Waals surface area contributed by atoms with Crippen LogP contribution in [-0.4, -0.2) is 17.1 Å². The average molecular weight is 311 g/mol. The van der Waals surface area contributed by atoms with Crippen molar-refractivity contribution in [2.24, 2.45) is 0 Å². The van der Waals surface area contributed by atoms with E-state index in [1.165, 1.54) is 35.6 Å². The van der Waals surface area contributed by atoms with Gasteiger partial charge in [-0.3, -0.25) is 0 Å². The number of carbonyl (C=O) groups is 2. The standard InChI is InChI=1S/C13H11ClN2O3S/c14-11-6-5-10(20-11)7-15-13(19)16-9-3-1-8(2-4-9)12(17)18/h1-6H,7H2,(H,17,18)(H2,15,16,19). The van der Waals surface area contributed by atoms with Crippen LogP contribution in [0.5, 0.6) is 0 Å². The number of benzene rings is 1. The van der Waals surface area contributed by atoms with E-state index in [-0.39, 0.29) is 11.6 Å². The predicted molar refractivity (Wildman–Crippen MR) is 78.6 cm³/mol. The van der Waals surface area contributed by atoms with E-state index in [1.807, 2.05) is 6.07 Å². The van der Waals surface area contributed by atoms with Gasteiger partial charge in [0.05, 0.1) is 16.4 Å². The van der Waals surface area contributed by atoms with Crippen molar-refractivity contribution in [3.63, 3.8) is 0 Å². The van der Waals surface area contributed by atoms with Crippen LogP contribution in [0.15, 0.2) is 36.4 Å². The number of hydrogen-bond donors (Lipinski definition) is 3. The number of carboxylic acid groups (broad SMARTS) is 1. The third-order valence-electron chi connectivity index (χ3n) is 2.44. The lowest BCUT2D eigenvalue weighted by Gasteiger charge is -2.06. The first-order valence-electron chi connectivity index (χ1n) is 5.67. The summed E-state index contributed by atoms with van der Waals surface area (Å²) >= 11 is 7.19. The first kappa shape index (κ1) is 14.4. The predicted octanol–water partition coefficient (Wildman–Crippen LogP) is 3.42. The van der Waals surface area contributed by atoms with Gasteiger partial charge in [-0.15, -0.1) is 11.3 Å². The third kappa shape index (κ3) is 3.97. The van der Waals surface area contributed by atoms with E-state index in [0.29, 0.717) is 16.6 Å². The third-order valence-corrected chi connectivity index (χ3v) is 3.67. The van der Waals surface area contributed by atoms with Gasteiger partial charge < -0.3 is 15.7 Å². The number of rotatable bonds is 4. The van der Waals surface area contributed by atoms with Gasteiger partial charge in [-0.2, -0.15) is 0 Å². The molecule has 0 aliphatic heterocycles. The molecule has 0 radical (unpaired) electrons. The van der Waals surface area contributed by atoms with Gasteiger partial charge in [0, 0.05) is 10.6 Å². The maximum atomic E-state index is 11.6. The highest BCUT2D eigenvalue weighted by atomic mass is 35.5. The van der Waals surface area contributed by atoms with E-state index in [4.69, 9.17) is 16.7 Å². The number of urea groups is 1. The summed E-state index contributed by atoms with van der Waals surface area (Å²) in [4.78, 5) is 23.3. The molecule has 5 nitrogen and oxygen atoms in total. The molecule has 0 spiro atoms. The molecule has 2 aromatic rings. The summed E-state index contributed by atoms with van der Waals surface area (Å²) in [5.74, 6) is -1.00. The number of hydrogen-bond acceptors (Lipinski definition) is 3. The number of carboxylic acids is 1. The maximum absolute atomic E-state index is 11.6. The number of thiophene rings is 1. The van der Waals surface area contributed by atoms with E-state index in [2.05, 4.69) is 10.6 Å². The molecule has 0 bridgehead atoms. The van der Waals surface area contributed by atoms with Crippen molar-refractivity contribution in [3.8, 4) is 0 Å². The molecule has 0 saturated carbocycles. The summed E-state index contributed by atoms with van der Waals surface area (Å²) in [5, 5.41) is 14.1. The van der Waals surface area contributed by atoms with E-state index in [9.17, 15) is 9.59 Å². The van der Waals surface area contributed by atoms with Gasteiger partial charge >= 0.3 is 12.0 Å². The van der Waals surface area contributed by atoms with Gasteiger partial charge in [0.1, 0.15) is 0 Å². The number of nitrogens with one attached hydrogen (secondary N) is 2. The molecule has 0 unspecified atom stereocenters. The Morgan fingerprint density at radius 3 is 2.40 bits per heavy atom. The number of carbonyl (C=O) groups excluding carboxylic acids is 1. The van der Waals surface area contributed by atoms with E-state index in [0.717, 1.165) is 4.88 Å². The Hall–Kier alpha value is -2.05. The fourth-order valence-electron chi connectivity index (χ4n) is 1.49. The van der Waals surface area contributed by atoms with Crippen molar-refractivity contribution in [1.82, 2.24) is 5.32 Å². The Morgan fingerprint density at radius 2 is 1.85 bits per heavy atom. The molecule has 0 atom stereocenters. The molecular weight excluding hydrogens is 300 g/mol. The Bertz CT molecular complexity index is 625. The molecule has 1 heterocycles. The Balaban J connectivity index is 1.86. The van der Waals surface area contributed by atoms with Crippen molar-refractivity contribution < 1.29 is 14.7 Å². The molecule has 20 heavy (non-hydrogen) atoms. The van der Waals surface area contributed by atoms with Gasteiger partial charge in [-0.1, -0.05) is 11.6 Å². The molecule has 3 N–H and O–H groups in total. The minimum atomic E-state index is -1.00. The van der Waals surface area contributed by atoms with Crippen molar-refractivity contribution in [3.05, 3.63) is 51.2 Å². The molecule has 2 amide bonds. The number of anilines is 1. The fourth-order valence-corrected chi connectivity index (χ4v) is 2.51. The van der Waals surface area contributed by atoms with E-state index < -0.39 is 5.97 Å². The van der Waals surface area contributed by atoms with Gasteiger partial charge in [0.2, 0.25) is 0 Å². The minimum Gasteiger partial charge on any atom is -0.478 e. The lowest BCUT2D eigenvalue weighted by atomic mass is 10.2. The highest BCUT2D eigenvalue weighted by molar-refractivity contribution is 7.16. The van der Waals surface area contributed by atoms with Crippen LogP contribution >= 0.6 is 22.9 Å². The molecule has 0 aliphatic carbocycles. The van der Waals surface area contributed by atoms with E-state index in [1.54, 1.807) is 6.07 Å². The number of aromatic carboxylic acids is 1. The summed E-state index contributed by atoms with van der Waals surface area (Å²) in [7, 11) is 0. The number of halogens is 1. The molecule has 0 aliphatic rings. The summed E-state index contributed by atoms with van der Waals surface area (Å²) in [5.41, 5.74) is 0.695. The summed E-state index contributed by atoms with van der Waals surface area (Å²) in [6.07, 6.45) is 0. The summed E-state index contributed by atoms with van der Waals surface area (Å²) in [6, 6.07) is 9.17. The van der Waals surface area contributed by atoms with E-state index >= 15 is 0 Å². The zero-order valence-corrected chi connectivity index (χ0v) is 11.8. The SMILES string of the molecule is O=C(NCc1ccc(Cl)s1)Nc1ccc(C(=O)O)cc1. The fraction of sp³-hybridized carbons (Fsp3) is 0.0769. The average Bonchev–Trinajstić information content (AvgIpc) is 2.83. The lowest BCUT2D eigenvalue weighted by molar-refractivity contribution is 0.0697. The molecule has 7 heteroatoms. The minimum absolute atomic E-state index is 0.171. The van der Waals surface area contributed by atoms with Gasteiger partial charge in [0.25, 0.3) is 0 Å². The quantitative estimate of drug-likeness (QED) is 0.809. The van der Waals surface area contributed by atoms with Gasteiger partial charge in [0.15, 0.2) is 0 Å². The molecule has 0 fully saturated rings. The number of amides is 2. The molecular formula is C13H11ClN2O3S. The van der Waals surface area contributed by atoms with Crippen LogP contribution in [0.1, 0.15) is 15.2 Å². The van der Waals surface area contributed by atoms with Crippen LogP contribution < -0.4 is 10.6 Å². The van der Waals surface area contributed by atoms with Crippen LogP contribution in [0, 0.1) is 0 Å². The van der Waals surface area contributed by atoms with Gasteiger partial charge in [-0.25, -0.2) is 9.59 Å². The van der Waals surface area contributed by atoms with Crippen molar-refractivity contribution in [2.75, 3.05) is 5.32 Å². The van der Waals surface area contributed by atoms with Crippen molar-refractivity contribution >= 4 is 40.6 Å². The monoisotopic (exact) mass is 310 g/mol. The summed E-state index contributed by atoms with van der Waals surface area (Å²) < 4.78 is 0.673. The first-order valence-corrected chi connectivity index (χ1v) is 6.86.